The number of nitrogens with two attached hydrogens (primary N) is 1. The molecule has 0 bridgehead atoms. The first-order valence-corrected chi connectivity index (χ1v) is 6.37. The second-order valence-corrected chi connectivity index (χ2v) is 5.21. The SMILES string of the molecule is C=CC(NN)c1cc2c(s1)CCCCC2. The van der Waals surface area contributed by atoms with Crippen molar-refractivity contribution in [2.45, 2.75) is 38.1 Å². The van der Waals surface area contributed by atoms with Gasteiger partial charge in [-0.1, -0.05) is 12.5 Å². The maximum atomic E-state index is 5.49. The fourth-order valence-corrected chi connectivity index (χ4v) is 3.43. The third-order valence-electron chi connectivity index (χ3n) is 2.99. The molecule has 3 N–H and O–H groups in total. The Kier molecular flexibility index (Phi) is 3.57. The third-order valence-corrected chi connectivity index (χ3v) is 4.31. The van der Waals surface area contributed by atoms with Gasteiger partial charge in [0.2, 0.25) is 0 Å². The van der Waals surface area contributed by atoms with E-state index in [4.69, 9.17) is 5.84 Å². The summed E-state index contributed by atoms with van der Waals surface area (Å²) in [5, 5.41) is 0. The van der Waals surface area contributed by atoms with Gasteiger partial charge in [-0.05, 0) is 37.3 Å². The van der Waals surface area contributed by atoms with Crippen molar-refractivity contribution in [3.63, 3.8) is 0 Å². The van der Waals surface area contributed by atoms with Crippen molar-refractivity contribution < 1.29 is 0 Å². The molecule has 0 aliphatic heterocycles. The van der Waals surface area contributed by atoms with Gasteiger partial charge < -0.3 is 0 Å². The van der Waals surface area contributed by atoms with Crippen molar-refractivity contribution in [3.05, 3.63) is 34.0 Å². The molecule has 1 atom stereocenters. The van der Waals surface area contributed by atoms with Crippen LogP contribution in [0.5, 0.6) is 0 Å². The molecule has 1 aliphatic rings. The quantitative estimate of drug-likeness (QED) is 0.357. The van der Waals surface area contributed by atoms with Gasteiger partial charge in [0.05, 0.1) is 6.04 Å². The van der Waals surface area contributed by atoms with Crippen LogP contribution in [0.3, 0.4) is 0 Å². The van der Waals surface area contributed by atoms with E-state index in [-0.39, 0.29) is 6.04 Å². The fraction of sp³-hybridized carbons (Fsp3) is 0.500. The van der Waals surface area contributed by atoms with Crippen molar-refractivity contribution in [3.8, 4) is 0 Å². The number of fused-ring (bicyclic) bond motifs is 1. The van der Waals surface area contributed by atoms with E-state index in [9.17, 15) is 0 Å². The van der Waals surface area contributed by atoms with Gasteiger partial charge in [0, 0.05) is 9.75 Å². The monoisotopic (exact) mass is 222 g/mol. The number of aryl methyl sites for hydroxylation is 2. The molecule has 1 aromatic heterocycles. The average molecular weight is 222 g/mol. The van der Waals surface area contributed by atoms with Gasteiger partial charge >= 0.3 is 0 Å². The second kappa shape index (κ2) is 4.92. The summed E-state index contributed by atoms with van der Waals surface area (Å²) >= 11 is 1.89. The highest BCUT2D eigenvalue weighted by atomic mass is 32.1. The predicted octanol–water partition coefficient (Wildman–Crippen LogP) is 2.71. The molecule has 0 radical (unpaired) electrons. The normalized spacial score (nSPS) is 17.9. The summed E-state index contributed by atoms with van der Waals surface area (Å²) < 4.78 is 0. The summed E-state index contributed by atoms with van der Waals surface area (Å²) in [4.78, 5) is 2.86. The minimum atomic E-state index is 0.113. The lowest BCUT2D eigenvalue weighted by molar-refractivity contribution is 0.665. The summed E-state index contributed by atoms with van der Waals surface area (Å²) in [5.74, 6) is 5.49. The Hall–Kier alpha value is -0.640. The molecule has 0 amide bonds. The Morgan fingerprint density at radius 3 is 2.93 bits per heavy atom. The number of nitrogens with one attached hydrogen (secondary N) is 1. The molecule has 0 spiro atoms. The topological polar surface area (TPSA) is 38.0 Å². The van der Waals surface area contributed by atoms with Crippen LogP contribution < -0.4 is 11.3 Å². The molecule has 0 fully saturated rings. The predicted molar refractivity (Wildman–Crippen MR) is 65.8 cm³/mol. The molecule has 1 heterocycles. The number of hydrogen-bond acceptors (Lipinski definition) is 3. The van der Waals surface area contributed by atoms with Crippen LogP contribution in [0.15, 0.2) is 18.7 Å². The van der Waals surface area contributed by atoms with E-state index in [0.717, 1.165) is 0 Å². The van der Waals surface area contributed by atoms with Crippen molar-refractivity contribution in [1.82, 2.24) is 5.43 Å². The molecular formula is C12H18N2S. The highest BCUT2D eigenvalue weighted by Crippen LogP contribution is 2.32. The van der Waals surface area contributed by atoms with Crippen molar-refractivity contribution in [2.24, 2.45) is 5.84 Å². The molecule has 3 heteroatoms. The smallest absolute Gasteiger partial charge is 0.0731 e. The first-order chi connectivity index (χ1) is 7.35. The van der Waals surface area contributed by atoms with E-state index < -0.39 is 0 Å². The first-order valence-electron chi connectivity index (χ1n) is 5.55. The van der Waals surface area contributed by atoms with Gasteiger partial charge in [-0.2, -0.15) is 0 Å². The van der Waals surface area contributed by atoms with Crippen LogP contribution in [0.2, 0.25) is 0 Å². The van der Waals surface area contributed by atoms with E-state index in [1.165, 1.54) is 42.5 Å². The van der Waals surface area contributed by atoms with Gasteiger partial charge in [-0.15, -0.1) is 17.9 Å². The lowest BCUT2D eigenvalue weighted by Crippen LogP contribution is -2.25. The Balaban J connectivity index is 2.24. The van der Waals surface area contributed by atoms with Crippen molar-refractivity contribution in [1.29, 1.82) is 0 Å². The fourth-order valence-electron chi connectivity index (χ4n) is 2.11. The zero-order valence-corrected chi connectivity index (χ0v) is 9.78. The third kappa shape index (κ3) is 2.30. The van der Waals surface area contributed by atoms with Crippen LogP contribution >= 0.6 is 11.3 Å². The highest BCUT2D eigenvalue weighted by molar-refractivity contribution is 7.12. The van der Waals surface area contributed by atoms with E-state index in [1.54, 1.807) is 4.88 Å². The maximum absolute atomic E-state index is 5.49. The van der Waals surface area contributed by atoms with Crippen LogP contribution in [0.1, 0.15) is 40.6 Å². The largest absolute Gasteiger partial charge is 0.271 e. The summed E-state index contributed by atoms with van der Waals surface area (Å²) in [5.41, 5.74) is 4.32. The van der Waals surface area contributed by atoms with Crippen LogP contribution in [-0.2, 0) is 12.8 Å². The average Bonchev–Trinajstić information content (AvgIpc) is 2.52. The van der Waals surface area contributed by atoms with Crippen molar-refractivity contribution in [2.75, 3.05) is 0 Å². The van der Waals surface area contributed by atoms with Crippen LogP contribution in [0.4, 0.5) is 0 Å². The summed E-state index contributed by atoms with van der Waals surface area (Å²) in [7, 11) is 0. The Labute approximate surface area is 95.2 Å². The van der Waals surface area contributed by atoms with Gasteiger partial charge in [-0.25, -0.2) is 5.43 Å². The van der Waals surface area contributed by atoms with E-state index in [1.807, 2.05) is 17.4 Å². The molecule has 2 rings (SSSR count). The summed E-state index contributed by atoms with van der Waals surface area (Å²) in [6, 6.07) is 2.42. The molecule has 0 saturated heterocycles. The maximum Gasteiger partial charge on any atom is 0.0731 e. The van der Waals surface area contributed by atoms with E-state index >= 15 is 0 Å². The first kappa shape index (κ1) is 10.9. The zero-order chi connectivity index (χ0) is 10.7. The molecule has 1 unspecified atom stereocenters. The number of hydrogen-bond donors (Lipinski definition) is 2. The summed E-state index contributed by atoms with van der Waals surface area (Å²) in [6.45, 7) is 3.80. The lowest BCUT2D eigenvalue weighted by atomic mass is 10.1. The Morgan fingerprint density at radius 1 is 1.40 bits per heavy atom. The van der Waals surface area contributed by atoms with Crippen LogP contribution in [0.25, 0.3) is 0 Å². The van der Waals surface area contributed by atoms with E-state index in [0.29, 0.717) is 0 Å². The van der Waals surface area contributed by atoms with Gasteiger partial charge in [-0.3, -0.25) is 5.84 Å². The van der Waals surface area contributed by atoms with Gasteiger partial charge in [0.1, 0.15) is 0 Å². The number of rotatable bonds is 3. The van der Waals surface area contributed by atoms with Crippen LogP contribution in [0, 0.1) is 0 Å². The molecule has 1 aliphatic carbocycles. The van der Waals surface area contributed by atoms with Gasteiger partial charge in [0.15, 0.2) is 0 Å². The summed E-state index contributed by atoms with van der Waals surface area (Å²) in [6.07, 6.45) is 8.39. The Bertz CT molecular complexity index is 320. The van der Waals surface area contributed by atoms with Crippen LogP contribution in [-0.4, -0.2) is 0 Å². The zero-order valence-electron chi connectivity index (χ0n) is 8.96. The number of thiophene rings is 1. The minimum Gasteiger partial charge on any atom is -0.271 e. The Morgan fingerprint density at radius 2 is 2.20 bits per heavy atom. The van der Waals surface area contributed by atoms with Crippen molar-refractivity contribution >= 4 is 11.3 Å². The van der Waals surface area contributed by atoms with E-state index in [2.05, 4.69) is 18.1 Å². The standard InChI is InChI=1S/C12H18N2S/c1-2-10(14-13)12-8-9-6-4-3-5-7-11(9)15-12/h2,8,10,14H,1,3-7,13H2. The highest BCUT2D eigenvalue weighted by Gasteiger charge is 2.15. The minimum absolute atomic E-state index is 0.113. The molecule has 1 aromatic rings. The molecular weight excluding hydrogens is 204 g/mol. The molecule has 0 aromatic carbocycles. The molecule has 2 nitrogen and oxygen atoms in total. The molecule has 82 valence electrons. The molecule has 0 saturated carbocycles. The molecule has 15 heavy (non-hydrogen) atoms. The number of hydrazine groups is 1. The van der Waals surface area contributed by atoms with Gasteiger partial charge in [0.25, 0.3) is 0 Å². The lowest BCUT2D eigenvalue weighted by Gasteiger charge is -2.07. The second-order valence-electron chi connectivity index (χ2n) is 4.04.